The zero-order valence-corrected chi connectivity index (χ0v) is 19.7. The fourth-order valence-corrected chi connectivity index (χ4v) is 5.33. The van der Waals surface area contributed by atoms with E-state index < -0.39 is 0 Å². The molecular weight excluding hydrogens is 420 g/mol. The highest BCUT2D eigenvalue weighted by atomic mass is 35.5. The fourth-order valence-electron chi connectivity index (χ4n) is 5.10. The molecule has 0 aromatic heterocycles. The average molecular weight is 451 g/mol. The molecule has 1 aliphatic heterocycles. The van der Waals surface area contributed by atoms with E-state index in [2.05, 4.69) is 41.8 Å². The van der Waals surface area contributed by atoms with E-state index in [-0.39, 0.29) is 23.3 Å². The summed E-state index contributed by atoms with van der Waals surface area (Å²) in [6.45, 7) is 5.90. The van der Waals surface area contributed by atoms with E-state index in [1.165, 1.54) is 5.56 Å². The monoisotopic (exact) mass is 450 g/mol. The van der Waals surface area contributed by atoms with Crippen LogP contribution in [0.25, 0.3) is 10.8 Å². The molecule has 0 saturated carbocycles. The van der Waals surface area contributed by atoms with Gasteiger partial charge in [0.25, 0.3) is 0 Å². The smallest absolute Gasteiger partial charge is 0.224 e. The quantitative estimate of drug-likeness (QED) is 0.511. The van der Waals surface area contributed by atoms with Gasteiger partial charge >= 0.3 is 0 Å². The number of piperidine rings is 1. The summed E-state index contributed by atoms with van der Waals surface area (Å²) < 4.78 is 5.34. The highest BCUT2D eigenvalue weighted by molar-refractivity contribution is 6.31. The highest BCUT2D eigenvalue weighted by Crippen LogP contribution is 2.41. The molecule has 1 saturated heterocycles. The lowest BCUT2D eigenvalue weighted by Gasteiger charge is -2.42. The largest absolute Gasteiger partial charge is 0.497 e. The van der Waals surface area contributed by atoms with Gasteiger partial charge in [-0.1, -0.05) is 54.9 Å². The van der Waals surface area contributed by atoms with Gasteiger partial charge in [0.05, 0.1) is 13.2 Å². The Morgan fingerprint density at radius 3 is 2.44 bits per heavy atom. The molecule has 4 nitrogen and oxygen atoms in total. The molecule has 2 N–H and O–H groups in total. The molecule has 5 heteroatoms. The first kappa shape index (κ1) is 22.6. The Morgan fingerprint density at radius 1 is 1.06 bits per heavy atom. The van der Waals surface area contributed by atoms with Crippen LogP contribution < -0.4 is 15.4 Å². The molecule has 1 amide bonds. The van der Waals surface area contributed by atoms with E-state index in [0.717, 1.165) is 48.0 Å². The van der Waals surface area contributed by atoms with Crippen molar-refractivity contribution in [3.63, 3.8) is 0 Å². The lowest BCUT2D eigenvalue weighted by molar-refractivity contribution is -0.127. The number of nitrogens with one attached hydrogen (secondary N) is 2. The van der Waals surface area contributed by atoms with Crippen molar-refractivity contribution < 1.29 is 9.53 Å². The van der Waals surface area contributed by atoms with Crippen LogP contribution in [0.4, 0.5) is 0 Å². The molecule has 0 aliphatic carbocycles. The molecule has 32 heavy (non-hydrogen) atoms. The predicted octanol–water partition coefficient (Wildman–Crippen LogP) is 5.64. The zero-order valence-electron chi connectivity index (χ0n) is 19.0. The molecule has 1 fully saturated rings. The highest BCUT2D eigenvalue weighted by Gasteiger charge is 2.42. The summed E-state index contributed by atoms with van der Waals surface area (Å²) >= 11 is 6.39. The van der Waals surface area contributed by atoms with Crippen molar-refractivity contribution >= 4 is 28.3 Å². The summed E-state index contributed by atoms with van der Waals surface area (Å²) in [5.74, 6) is 0.724. The van der Waals surface area contributed by atoms with Gasteiger partial charge < -0.3 is 15.4 Å². The summed E-state index contributed by atoms with van der Waals surface area (Å²) in [6, 6.07) is 20.1. The lowest BCUT2D eigenvalue weighted by Crippen LogP contribution is -2.49. The van der Waals surface area contributed by atoms with E-state index in [4.69, 9.17) is 16.3 Å². The molecule has 4 rings (SSSR count). The van der Waals surface area contributed by atoms with Crippen molar-refractivity contribution in [2.45, 2.75) is 38.1 Å². The second kappa shape index (κ2) is 9.51. The normalized spacial score (nSPS) is 17.5. The van der Waals surface area contributed by atoms with E-state index in [9.17, 15) is 4.79 Å². The van der Waals surface area contributed by atoms with Crippen molar-refractivity contribution in [3.05, 3.63) is 76.8 Å². The maximum atomic E-state index is 13.6. The van der Waals surface area contributed by atoms with Gasteiger partial charge in [-0.3, -0.25) is 4.79 Å². The van der Waals surface area contributed by atoms with Crippen LogP contribution in [0.5, 0.6) is 5.75 Å². The van der Waals surface area contributed by atoms with Gasteiger partial charge in [-0.25, -0.2) is 0 Å². The van der Waals surface area contributed by atoms with Crippen LogP contribution in [-0.2, 0) is 10.2 Å². The number of carbonyl (C=O) groups excluding carboxylic acids is 1. The lowest BCUT2D eigenvalue weighted by atomic mass is 9.65. The van der Waals surface area contributed by atoms with E-state index >= 15 is 0 Å². The summed E-state index contributed by atoms with van der Waals surface area (Å²) in [5, 5.41) is 9.61. The Hall–Kier alpha value is -2.56. The summed E-state index contributed by atoms with van der Waals surface area (Å²) in [4.78, 5) is 13.6. The third-order valence-corrected chi connectivity index (χ3v) is 7.28. The molecule has 2 unspecified atom stereocenters. The van der Waals surface area contributed by atoms with E-state index in [0.29, 0.717) is 5.02 Å². The molecule has 0 bridgehead atoms. The van der Waals surface area contributed by atoms with Crippen LogP contribution in [0.3, 0.4) is 0 Å². The maximum absolute atomic E-state index is 13.6. The standard InChI is InChI=1S/C27H31ClN2O2/c1-18(27(12-14-29-15-13-27)21-8-10-23(32-3)11-9-21)26(31)30-19(2)25-17-22(28)16-20-6-4-5-7-24(20)25/h4-11,16-19,29H,12-15H2,1-3H3,(H,30,31). The van der Waals surface area contributed by atoms with Gasteiger partial charge in [-0.05, 0) is 79.0 Å². The Bertz CT molecular complexity index is 1090. The van der Waals surface area contributed by atoms with Crippen LogP contribution in [0.2, 0.25) is 5.02 Å². The first-order valence-electron chi connectivity index (χ1n) is 11.3. The molecule has 0 radical (unpaired) electrons. The minimum absolute atomic E-state index is 0.0688. The van der Waals surface area contributed by atoms with Crippen LogP contribution in [0, 0.1) is 5.92 Å². The van der Waals surface area contributed by atoms with Gasteiger partial charge in [0.1, 0.15) is 5.75 Å². The molecule has 3 aromatic carbocycles. The number of fused-ring (bicyclic) bond motifs is 1. The summed E-state index contributed by atoms with van der Waals surface area (Å²) in [6.07, 6.45) is 1.84. The molecule has 2 atom stereocenters. The summed E-state index contributed by atoms with van der Waals surface area (Å²) in [7, 11) is 1.67. The number of amides is 1. The van der Waals surface area contributed by atoms with Gasteiger partial charge in [0.2, 0.25) is 5.91 Å². The van der Waals surface area contributed by atoms with Gasteiger partial charge in [0, 0.05) is 16.4 Å². The number of halogens is 1. The van der Waals surface area contributed by atoms with Gasteiger partial charge in [-0.2, -0.15) is 0 Å². The van der Waals surface area contributed by atoms with Crippen LogP contribution in [0.15, 0.2) is 60.7 Å². The molecule has 0 spiro atoms. The number of rotatable bonds is 6. The topological polar surface area (TPSA) is 50.4 Å². The number of methoxy groups -OCH3 is 1. The van der Waals surface area contributed by atoms with E-state index in [1.54, 1.807) is 7.11 Å². The maximum Gasteiger partial charge on any atom is 0.224 e. The van der Waals surface area contributed by atoms with Gasteiger partial charge in [0.15, 0.2) is 0 Å². The third-order valence-electron chi connectivity index (χ3n) is 7.07. The molecule has 168 valence electrons. The fraction of sp³-hybridized carbons (Fsp3) is 0.370. The van der Waals surface area contributed by atoms with Crippen LogP contribution >= 0.6 is 11.6 Å². The number of ether oxygens (including phenoxy) is 1. The van der Waals surface area contributed by atoms with Crippen molar-refractivity contribution in [3.8, 4) is 5.75 Å². The number of carbonyl (C=O) groups is 1. The number of hydrogen-bond acceptors (Lipinski definition) is 3. The molecular formula is C27H31ClN2O2. The number of benzene rings is 3. The first-order chi connectivity index (χ1) is 15.4. The van der Waals surface area contributed by atoms with Crippen LogP contribution in [-0.4, -0.2) is 26.1 Å². The minimum atomic E-state index is -0.211. The third kappa shape index (κ3) is 4.35. The summed E-state index contributed by atoms with van der Waals surface area (Å²) in [5.41, 5.74) is 2.03. The van der Waals surface area contributed by atoms with Crippen LogP contribution in [0.1, 0.15) is 43.9 Å². The Labute approximate surface area is 195 Å². The predicted molar refractivity (Wildman–Crippen MR) is 131 cm³/mol. The number of hydrogen-bond donors (Lipinski definition) is 2. The van der Waals surface area contributed by atoms with Gasteiger partial charge in [-0.15, -0.1) is 0 Å². The van der Waals surface area contributed by atoms with Crippen molar-refractivity contribution in [2.75, 3.05) is 20.2 Å². The molecule has 1 heterocycles. The zero-order chi connectivity index (χ0) is 22.7. The second-order valence-electron chi connectivity index (χ2n) is 8.80. The second-order valence-corrected chi connectivity index (χ2v) is 9.24. The molecule has 3 aromatic rings. The Balaban J connectivity index is 1.61. The van der Waals surface area contributed by atoms with Crippen molar-refractivity contribution in [1.29, 1.82) is 0 Å². The Morgan fingerprint density at radius 2 is 1.75 bits per heavy atom. The average Bonchev–Trinajstić information content (AvgIpc) is 2.83. The minimum Gasteiger partial charge on any atom is -0.497 e. The SMILES string of the molecule is COc1ccc(C2(C(C)C(=O)NC(C)c3cc(Cl)cc4ccccc34)CCNCC2)cc1. The first-order valence-corrected chi connectivity index (χ1v) is 11.7. The van der Waals surface area contributed by atoms with Crippen molar-refractivity contribution in [2.24, 2.45) is 5.92 Å². The Kier molecular flexibility index (Phi) is 6.73. The van der Waals surface area contributed by atoms with E-state index in [1.807, 2.05) is 43.3 Å². The molecule has 1 aliphatic rings. The van der Waals surface area contributed by atoms with Crippen molar-refractivity contribution in [1.82, 2.24) is 10.6 Å².